The molecule has 0 aromatic heterocycles. The van der Waals surface area contributed by atoms with Crippen molar-refractivity contribution in [3.8, 4) is 0 Å². The Balaban J connectivity index is 2.79. The van der Waals surface area contributed by atoms with Crippen LogP contribution in [0.4, 0.5) is 0 Å². The van der Waals surface area contributed by atoms with E-state index in [2.05, 4.69) is 9.98 Å². The Morgan fingerprint density at radius 1 is 1.25 bits per heavy atom. The van der Waals surface area contributed by atoms with Crippen LogP contribution in [-0.4, -0.2) is 12.1 Å². The predicted molar refractivity (Wildman–Crippen MR) is 41.7 cm³/mol. The summed E-state index contributed by atoms with van der Waals surface area (Å²) >= 11 is 0. The summed E-state index contributed by atoms with van der Waals surface area (Å²) in [6.45, 7) is 0. The number of carbonyl (C=O) groups is 1. The molecule has 12 heavy (non-hydrogen) atoms. The van der Waals surface area contributed by atoms with Gasteiger partial charge in [0.25, 0.3) is 5.91 Å². The molecule has 1 atom stereocenters. The summed E-state index contributed by atoms with van der Waals surface area (Å²) in [6, 6.07) is 7.16. The van der Waals surface area contributed by atoms with E-state index < -0.39 is 6.17 Å². The fourth-order valence-corrected chi connectivity index (χ4v) is 1.06. The van der Waals surface area contributed by atoms with Gasteiger partial charge in [-0.05, 0) is 12.1 Å². The molecule has 1 aliphatic rings. The normalized spacial score (nSPS) is 20.8. The lowest BCUT2D eigenvalue weighted by Gasteiger charge is -2.04. The molecule has 0 saturated heterocycles. The molecule has 4 heteroatoms. The third kappa shape index (κ3) is 1.02. The Kier molecular flexibility index (Phi) is 1.48. The van der Waals surface area contributed by atoms with Crippen molar-refractivity contribution >= 4 is 5.91 Å². The summed E-state index contributed by atoms with van der Waals surface area (Å²) in [5.74, 6) is -0.381. The summed E-state index contributed by atoms with van der Waals surface area (Å²) in [5, 5.41) is 1.29. The van der Waals surface area contributed by atoms with Crippen molar-refractivity contribution < 1.29 is 4.79 Å². The zero-order valence-corrected chi connectivity index (χ0v) is 6.27. The zero-order chi connectivity index (χ0) is 8.55. The van der Waals surface area contributed by atoms with E-state index >= 15 is 0 Å². The maximum absolute atomic E-state index is 11.0. The van der Waals surface area contributed by atoms with Crippen molar-refractivity contribution in [3.63, 3.8) is 0 Å². The molecule has 1 aromatic rings. The third-order valence-corrected chi connectivity index (χ3v) is 1.64. The quantitative estimate of drug-likeness (QED) is 0.516. The Morgan fingerprint density at radius 2 is 1.92 bits per heavy atom. The first-order valence-electron chi connectivity index (χ1n) is 3.58. The van der Waals surface area contributed by atoms with E-state index in [1.165, 1.54) is 0 Å². The minimum atomic E-state index is -0.820. The molecule has 0 spiro atoms. The summed E-state index contributed by atoms with van der Waals surface area (Å²) < 4.78 is 0. The Bertz CT molecular complexity index is 438. The summed E-state index contributed by atoms with van der Waals surface area (Å²) in [6.07, 6.45) is -0.820. The average molecular weight is 161 g/mol. The molecule has 0 radical (unpaired) electrons. The van der Waals surface area contributed by atoms with Gasteiger partial charge in [0.15, 0.2) is 6.17 Å². The standard InChI is InChI=1S/C8H7N3O/c9-7-8(12)11-6-4-2-1-3-5(6)10-7/h1-4,7H,9H2. The van der Waals surface area contributed by atoms with Crippen LogP contribution < -0.4 is 16.4 Å². The van der Waals surface area contributed by atoms with Gasteiger partial charge in [0, 0.05) is 0 Å². The van der Waals surface area contributed by atoms with Crippen LogP contribution in [0, 0.1) is 0 Å². The highest BCUT2D eigenvalue weighted by Gasteiger charge is 2.13. The number of nitrogens with zero attached hydrogens (tertiary/aromatic N) is 2. The average Bonchev–Trinajstić information content (AvgIpc) is 2.07. The van der Waals surface area contributed by atoms with Crippen LogP contribution in [0.5, 0.6) is 0 Å². The van der Waals surface area contributed by atoms with Gasteiger partial charge in [0.2, 0.25) is 0 Å². The lowest BCUT2D eigenvalue weighted by atomic mass is 10.3. The maximum Gasteiger partial charge on any atom is 0.285 e. The van der Waals surface area contributed by atoms with Crippen LogP contribution >= 0.6 is 0 Å². The molecule has 0 saturated carbocycles. The molecule has 1 amide bonds. The molecule has 2 rings (SSSR count). The van der Waals surface area contributed by atoms with Crippen LogP contribution in [0.3, 0.4) is 0 Å². The van der Waals surface area contributed by atoms with Crippen molar-refractivity contribution in [2.75, 3.05) is 0 Å². The highest BCUT2D eigenvalue weighted by molar-refractivity contribution is 5.82. The Hall–Kier alpha value is -1.55. The Morgan fingerprint density at radius 3 is 2.67 bits per heavy atom. The topological polar surface area (TPSA) is 67.8 Å². The fourth-order valence-electron chi connectivity index (χ4n) is 1.06. The number of fused-ring (bicyclic) bond motifs is 1. The molecule has 1 heterocycles. The number of benzene rings is 1. The minimum absolute atomic E-state index is 0.381. The molecule has 1 unspecified atom stereocenters. The van der Waals surface area contributed by atoms with Gasteiger partial charge in [0.1, 0.15) is 0 Å². The second-order valence-corrected chi connectivity index (χ2v) is 2.51. The number of amides is 1. The van der Waals surface area contributed by atoms with E-state index in [1.807, 2.05) is 12.1 Å². The number of rotatable bonds is 0. The SMILES string of the molecule is NC1N=c2ccccc2=NC1=O. The molecule has 4 nitrogen and oxygen atoms in total. The molecular formula is C8H7N3O. The molecule has 0 aliphatic carbocycles. The lowest BCUT2D eigenvalue weighted by Crippen LogP contribution is -2.40. The largest absolute Gasteiger partial charge is 0.302 e. The number of para-hydroxylation sites is 2. The molecule has 1 aliphatic heterocycles. The first-order valence-corrected chi connectivity index (χ1v) is 3.58. The predicted octanol–water partition coefficient (Wildman–Crippen LogP) is -1.25. The van der Waals surface area contributed by atoms with Crippen LogP contribution in [0.15, 0.2) is 34.3 Å². The van der Waals surface area contributed by atoms with Gasteiger partial charge in [-0.25, -0.2) is 4.99 Å². The number of hydrogen-bond donors (Lipinski definition) is 1. The van der Waals surface area contributed by atoms with Crippen LogP contribution in [0.25, 0.3) is 0 Å². The van der Waals surface area contributed by atoms with E-state index in [9.17, 15) is 4.79 Å². The fraction of sp³-hybridized carbons (Fsp3) is 0.125. The summed E-state index contributed by atoms with van der Waals surface area (Å²) in [4.78, 5) is 18.7. The van der Waals surface area contributed by atoms with E-state index in [-0.39, 0.29) is 5.91 Å². The van der Waals surface area contributed by atoms with E-state index in [1.54, 1.807) is 12.1 Å². The van der Waals surface area contributed by atoms with Crippen LogP contribution in [0.2, 0.25) is 0 Å². The third-order valence-electron chi connectivity index (χ3n) is 1.64. The Labute approximate surface area is 68.4 Å². The van der Waals surface area contributed by atoms with Crippen molar-refractivity contribution in [3.05, 3.63) is 35.0 Å². The maximum atomic E-state index is 11.0. The van der Waals surface area contributed by atoms with Crippen molar-refractivity contribution in [2.24, 2.45) is 15.7 Å². The van der Waals surface area contributed by atoms with E-state index in [0.717, 1.165) is 0 Å². The highest BCUT2D eigenvalue weighted by atomic mass is 16.2. The molecule has 2 N–H and O–H groups in total. The molecule has 60 valence electrons. The van der Waals surface area contributed by atoms with E-state index in [4.69, 9.17) is 5.73 Å². The van der Waals surface area contributed by atoms with E-state index in [0.29, 0.717) is 10.7 Å². The van der Waals surface area contributed by atoms with Crippen LogP contribution in [-0.2, 0) is 4.79 Å². The minimum Gasteiger partial charge on any atom is -0.302 e. The summed E-state index contributed by atoms with van der Waals surface area (Å²) in [5.41, 5.74) is 5.38. The highest BCUT2D eigenvalue weighted by Crippen LogP contribution is 1.87. The molecule has 0 bridgehead atoms. The van der Waals surface area contributed by atoms with Gasteiger partial charge in [-0.15, -0.1) is 0 Å². The van der Waals surface area contributed by atoms with Gasteiger partial charge in [-0.1, -0.05) is 12.1 Å². The first-order chi connectivity index (χ1) is 5.77. The van der Waals surface area contributed by atoms with Crippen LogP contribution in [0.1, 0.15) is 0 Å². The lowest BCUT2D eigenvalue weighted by molar-refractivity contribution is -0.119. The zero-order valence-electron chi connectivity index (χ0n) is 6.27. The van der Waals surface area contributed by atoms with Gasteiger partial charge >= 0.3 is 0 Å². The second-order valence-electron chi connectivity index (χ2n) is 2.51. The van der Waals surface area contributed by atoms with Gasteiger partial charge in [-0.3, -0.25) is 9.79 Å². The second kappa shape index (κ2) is 2.49. The molecule has 0 fully saturated rings. The molecule has 1 aromatic carbocycles. The van der Waals surface area contributed by atoms with Gasteiger partial charge in [0.05, 0.1) is 10.7 Å². The van der Waals surface area contributed by atoms with Crippen molar-refractivity contribution in [1.29, 1.82) is 0 Å². The number of nitrogens with two attached hydrogens (primary N) is 1. The summed E-state index contributed by atoms with van der Waals surface area (Å²) in [7, 11) is 0. The smallest absolute Gasteiger partial charge is 0.285 e. The van der Waals surface area contributed by atoms with Crippen molar-refractivity contribution in [2.45, 2.75) is 6.17 Å². The first kappa shape index (κ1) is 7.12. The number of hydrogen-bond acceptors (Lipinski definition) is 3. The monoisotopic (exact) mass is 161 g/mol. The molecular weight excluding hydrogens is 154 g/mol. The van der Waals surface area contributed by atoms with Crippen molar-refractivity contribution in [1.82, 2.24) is 0 Å². The number of carbonyl (C=O) groups excluding carboxylic acids is 1. The van der Waals surface area contributed by atoms with Gasteiger partial charge in [-0.2, -0.15) is 0 Å². The van der Waals surface area contributed by atoms with Gasteiger partial charge < -0.3 is 5.73 Å².